The summed E-state index contributed by atoms with van der Waals surface area (Å²) in [5, 5.41) is 7.50. The van der Waals surface area contributed by atoms with Crippen LogP contribution in [0.3, 0.4) is 0 Å². The highest BCUT2D eigenvalue weighted by Gasteiger charge is 2.16. The van der Waals surface area contributed by atoms with Gasteiger partial charge in [-0.05, 0) is 106 Å². The fraction of sp³-hybridized carbons (Fsp3) is 0.241. The lowest BCUT2D eigenvalue weighted by atomic mass is 10.1. The largest absolute Gasteiger partial charge is 0.487 e. The maximum atomic E-state index is 13.4. The molecule has 1 fully saturated rings. The highest BCUT2D eigenvalue weighted by Crippen LogP contribution is 2.35. The minimum absolute atomic E-state index is 0.299. The van der Waals surface area contributed by atoms with Crippen molar-refractivity contribution >= 4 is 61.6 Å². The van der Waals surface area contributed by atoms with E-state index in [0.29, 0.717) is 35.9 Å². The lowest BCUT2D eigenvalue weighted by Gasteiger charge is -2.26. The highest BCUT2D eigenvalue weighted by atomic mass is 79.9. The van der Waals surface area contributed by atoms with Gasteiger partial charge >= 0.3 is 0 Å². The summed E-state index contributed by atoms with van der Waals surface area (Å²) in [6.45, 7) is 4.27. The number of aromatic nitrogens is 3. The van der Waals surface area contributed by atoms with E-state index in [2.05, 4.69) is 98.7 Å². The zero-order valence-corrected chi connectivity index (χ0v) is 25.0. The third-order valence-corrected chi connectivity index (χ3v) is 7.44. The zero-order valence-electron chi connectivity index (χ0n) is 21.9. The first-order valence-electron chi connectivity index (χ1n) is 12.9. The standard InChI is InChI=1S/C29H28Br2FN7O/c1-19-5-7-20(8-6-19)18-40-26-24(30)15-21(16-25(26)31)17-33-38-28-35-27(34-23-11-9-22(32)10-12-23)36-29(37-28)39-13-3-2-4-14-39/h5-12,15-17H,2-4,13-14,18H2,1H3,(H2,34,35,36,37,38). The van der Waals surface area contributed by atoms with Crippen LogP contribution in [0, 0.1) is 12.7 Å². The fourth-order valence-electron chi connectivity index (χ4n) is 4.16. The Kier molecular flexibility index (Phi) is 9.22. The highest BCUT2D eigenvalue weighted by molar-refractivity contribution is 9.11. The van der Waals surface area contributed by atoms with Gasteiger partial charge < -0.3 is 15.0 Å². The number of rotatable bonds is 9. The quantitative estimate of drug-likeness (QED) is 0.140. The second-order valence-electron chi connectivity index (χ2n) is 9.42. The van der Waals surface area contributed by atoms with Crippen LogP contribution in [0.15, 0.2) is 74.7 Å². The van der Waals surface area contributed by atoms with Gasteiger partial charge in [-0.25, -0.2) is 9.82 Å². The molecule has 1 aliphatic rings. The smallest absolute Gasteiger partial charge is 0.250 e. The van der Waals surface area contributed by atoms with Crippen LogP contribution in [0.5, 0.6) is 5.75 Å². The van der Waals surface area contributed by atoms with Crippen molar-refractivity contribution < 1.29 is 9.13 Å². The molecule has 0 amide bonds. The second kappa shape index (κ2) is 13.2. The van der Waals surface area contributed by atoms with Gasteiger partial charge in [0.05, 0.1) is 15.2 Å². The zero-order chi connectivity index (χ0) is 27.9. The number of nitrogens with zero attached hydrogens (tertiary/aromatic N) is 5. The summed E-state index contributed by atoms with van der Waals surface area (Å²) in [4.78, 5) is 15.8. The Hall–Kier alpha value is -3.57. The molecule has 1 aromatic heterocycles. The number of benzene rings is 3. The average Bonchev–Trinajstić information content (AvgIpc) is 2.95. The van der Waals surface area contributed by atoms with E-state index in [1.165, 1.54) is 24.1 Å². The van der Waals surface area contributed by atoms with Crippen molar-refractivity contribution in [3.05, 3.63) is 92.1 Å². The minimum atomic E-state index is -0.309. The van der Waals surface area contributed by atoms with Gasteiger partial charge in [0.25, 0.3) is 0 Å². The van der Waals surface area contributed by atoms with Gasteiger partial charge in [-0.2, -0.15) is 20.1 Å². The van der Waals surface area contributed by atoms with Gasteiger partial charge in [0.2, 0.25) is 17.8 Å². The molecule has 11 heteroatoms. The number of anilines is 4. The molecule has 0 unspecified atom stereocenters. The van der Waals surface area contributed by atoms with E-state index in [9.17, 15) is 4.39 Å². The van der Waals surface area contributed by atoms with Crippen LogP contribution >= 0.6 is 31.9 Å². The van der Waals surface area contributed by atoms with Crippen LogP contribution in [0.2, 0.25) is 0 Å². The predicted molar refractivity (Wildman–Crippen MR) is 164 cm³/mol. The lowest BCUT2D eigenvalue weighted by Crippen LogP contribution is -2.31. The number of halogens is 3. The molecular formula is C29H28Br2FN7O. The van der Waals surface area contributed by atoms with Crippen molar-refractivity contribution in [2.45, 2.75) is 32.8 Å². The third-order valence-electron chi connectivity index (χ3n) is 6.27. The molecular weight excluding hydrogens is 641 g/mol. The maximum absolute atomic E-state index is 13.4. The van der Waals surface area contributed by atoms with Crippen molar-refractivity contribution in [1.82, 2.24) is 15.0 Å². The molecule has 0 spiro atoms. The summed E-state index contributed by atoms with van der Waals surface area (Å²) in [6.07, 6.45) is 5.04. The van der Waals surface area contributed by atoms with Crippen molar-refractivity contribution in [1.29, 1.82) is 0 Å². The molecule has 2 N–H and O–H groups in total. The Morgan fingerprint density at radius 1 is 0.925 bits per heavy atom. The van der Waals surface area contributed by atoms with Crippen molar-refractivity contribution in [2.75, 3.05) is 28.7 Å². The number of nitrogens with one attached hydrogen (secondary N) is 2. The Bertz CT molecular complexity index is 1450. The van der Waals surface area contributed by atoms with Gasteiger partial charge in [-0.1, -0.05) is 29.8 Å². The number of aryl methyl sites for hydroxylation is 1. The van der Waals surface area contributed by atoms with Gasteiger partial charge in [-0.15, -0.1) is 0 Å². The lowest BCUT2D eigenvalue weighted by molar-refractivity contribution is 0.302. The Balaban J connectivity index is 1.30. The van der Waals surface area contributed by atoms with Crippen molar-refractivity contribution in [3.8, 4) is 5.75 Å². The summed E-state index contributed by atoms with van der Waals surface area (Å²) in [6, 6.07) is 18.1. The van der Waals surface area contributed by atoms with Crippen LogP contribution in [0.4, 0.5) is 27.9 Å². The second-order valence-corrected chi connectivity index (χ2v) is 11.1. The van der Waals surface area contributed by atoms with Crippen LogP contribution in [0.25, 0.3) is 0 Å². The molecule has 0 radical (unpaired) electrons. The SMILES string of the molecule is Cc1ccc(COc2c(Br)cc(C=NNc3nc(Nc4ccc(F)cc4)nc(N4CCCCC4)n3)cc2Br)cc1. The number of piperidine rings is 1. The molecule has 0 bridgehead atoms. The molecule has 4 aromatic rings. The number of hydrogen-bond donors (Lipinski definition) is 2. The molecule has 40 heavy (non-hydrogen) atoms. The van der Waals surface area contributed by atoms with Crippen LogP contribution in [-0.2, 0) is 6.61 Å². The fourth-order valence-corrected chi connectivity index (χ4v) is 5.62. The molecule has 0 aliphatic carbocycles. The average molecular weight is 669 g/mol. The third kappa shape index (κ3) is 7.54. The van der Waals surface area contributed by atoms with Crippen LogP contribution in [-0.4, -0.2) is 34.3 Å². The Morgan fingerprint density at radius 2 is 1.60 bits per heavy atom. The summed E-state index contributed by atoms with van der Waals surface area (Å²) in [5.74, 6) is 1.62. The Morgan fingerprint density at radius 3 is 2.30 bits per heavy atom. The topological polar surface area (TPSA) is 87.6 Å². The first-order chi connectivity index (χ1) is 19.4. The van der Waals surface area contributed by atoms with Crippen molar-refractivity contribution in [2.24, 2.45) is 5.10 Å². The molecule has 8 nitrogen and oxygen atoms in total. The van der Waals surface area contributed by atoms with E-state index >= 15 is 0 Å². The molecule has 0 saturated carbocycles. The van der Waals surface area contributed by atoms with E-state index in [0.717, 1.165) is 46.0 Å². The Labute approximate surface area is 249 Å². The van der Waals surface area contributed by atoms with Crippen LogP contribution < -0.4 is 20.4 Å². The normalized spacial score (nSPS) is 13.4. The molecule has 3 aromatic carbocycles. The van der Waals surface area contributed by atoms with Gasteiger partial charge in [0.1, 0.15) is 18.2 Å². The maximum Gasteiger partial charge on any atom is 0.250 e. The summed E-state index contributed by atoms with van der Waals surface area (Å²) >= 11 is 7.22. The molecule has 1 saturated heterocycles. The molecule has 0 atom stereocenters. The molecule has 1 aliphatic heterocycles. The van der Waals surface area contributed by atoms with E-state index in [1.807, 2.05) is 12.1 Å². The monoisotopic (exact) mass is 667 g/mol. The van der Waals surface area contributed by atoms with E-state index in [1.54, 1.807) is 18.3 Å². The summed E-state index contributed by atoms with van der Waals surface area (Å²) in [7, 11) is 0. The molecule has 5 rings (SSSR count). The predicted octanol–water partition coefficient (Wildman–Crippen LogP) is 7.60. The number of hydrazone groups is 1. The minimum Gasteiger partial charge on any atom is -0.487 e. The first kappa shape index (κ1) is 28.0. The molecule has 206 valence electrons. The first-order valence-corrected chi connectivity index (χ1v) is 14.5. The summed E-state index contributed by atoms with van der Waals surface area (Å²) in [5.41, 5.74) is 6.74. The molecule has 2 heterocycles. The van der Waals surface area contributed by atoms with E-state index in [-0.39, 0.29) is 5.82 Å². The van der Waals surface area contributed by atoms with E-state index < -0.39 is 0 Å². The summed E-state index contributed by atoms with van der Waals surface area (Å²) < 4.78 is 21.0. The van der Waals surface area contributed by atoms with Gasteiger partial charge in [-0.3, -0.25) is 0 Å². The number of hydrogen-bond acceptors (Lipinski definition) is 8. The van der Waals surface area contributed by atoms with E-state index in [4.69, 9.17) is 4.74 Å². The van der Waals surface area contributed by atoms with Crippen LogP contribution in [0.1, 0.15) is 36.0 Å². The van der Waals surface area contributed by atoms with Gasteiger partial charge in [0, 0.05) is 18.8 Å². The van der Waals surface area contributed by atoms with Crippen molar-refractivity contribution in [3.63, 3.8) is 0 Å². The van der Waals surface area contributed by atoms with Gasteiger partial charge in [0.15, 0.2) is 0 Å². The number of ether oxygens (including phenoxy) is 1.